The molecule has 0 saturated carbocycles. The van der Waals surface area contributed by atoms with Crippen LogP contribution in [0.25, 0.3) is 16.6 Å². The number of nitrogens with one attached hydrogen (secondary N) is 1. The van der Waals surface area contributed by atoms with Gasteiger partial charge in [-0.1, -0.05) is 44.2 Å². The predicted octanol–water partition coefficient (Wildman–Crippen LogP) is 2.99. The molecule has 0 aliphatic carbocycles. The van der Waals surface area contributed by atoms with Crippen molar-refractivity contribution < 1.29 is 4.79 Å². The first-order valence-electron chi connectivity index (χ1n) is 10.5. The van der Waals surface area contributed by atoms with Gasteiger partial charge in [0.05, 0.1) is 16.6 Å². The molecule has 4 aromatic rings. The Morgan fingerprint density at radius 3 is 2.44 bits per heavy atom. The molecule has 2 aromatic carbocycles. The molecule has 2 aromatic heterocycles. The van der Waals surface area contributed by atoms with E-state index < -0.39 is 11.2 Å². The summed E-state index contributed by atoms with van der Waals surface area (Å²) in [7, 11) is 0. The molecule has 1 N–H and O–H groups in total. The van der Waals surface area contributed by atoms with E-state index in [1.807, 2.05) is 18.2 Å². The van der Waals surface area contributed by atoms with Crippen LogP contribution in [0.15, 0.2) is 82.6 Å². The van der Waals surface area contributed by atoms with Crippen LogP contribution in [0, 0.1) is 0 Å². The summed E-state index contributed by atoms with van der Waals surface area (Å²) in [5, 5.41) is 3.18. The van der Waals surface area contributed by atoms with E-state index in [9.17, 15) is 14.4 Å². The summed E-state index contributed by atoms with van der Waals surface area (Å²) in [6.45, 7) is 4.25. The van der Waals surface area contributed by atoms with E-state index in [0.717, 1.165) is 15.7 Å². The topological polar surface area (TPSA) is 86.0 Å². The highest BCUT2D eigenvalue weighted by molar-refractivity contribution is 5.81. The van der Waals surface area contributed by atoms with Gasteiger partial charge in [0.1, 0.15) is 6.54 Å². The van der Waals surface area contributed by atoms with Crippen LogP contribution in [-0.4, -0.2) is 20.0 Å². The average molecular weight is 428 g/mol. The number of carbonyl (C=O) groups excluding carboxylic acids is 1. The van der Waals surface area contributed by atoms with Gasteiger partial charge in [-0.05, 0) is 47.4 Å². The predicted molar refractivity (Wildman–Crippen MR) is 124 cm³/mol. The zero-order valence-corrected chi connectivity index (χ0v) is 18.0. The molecule has 0 aliphatic rings. The number of aromatic nitrogens is 3. The van der Waals surface area contributed by atoms with Crippen LogP contribution >= 0.6 is 0 Å². The van der Waals surface area contributed by atoms with E-state index in [-0.39, 0.29) is 12.5 Å². The lowest BCUT2D eigenvalue weighted by atomic mass is 10.0. The number of nitrogens with zero attached hydrogens (tertiary/aromatic N) is 3. The number of pyridine rings is 1. The molecule has 1 amide bonds. The van der Waals surface area contributed by atoms with Gasteiger partial charge in [-0.15, -0.1) is 0 Å². The summed E-state index contributed by atoms with van der Waals surface area (Å²) >= 11 is 0. The Morgan fingerprint density at radius 2 is 1.75 bits per heavy atom. The van der Waals surface area contributed by atoms with Crippen molar-refractivity contribution in [3.05, 3.63) is 105 Å². The number of amides is 1. The molecule has 0 radical (unpaired) electrons. The number of carbonyl (C=O) groups is 1. The number of fused-ring (bicyclic) bond motifs is 1. The highest BCUT2D eigenvalue weighted by Gasteiger charge is 2.16. The Hall–Kier alpha value is -4.00. The summed E-state index contributed by atoms with van der Waals surface area (Å²) < 4.78 is 2.46. The van der Waals surface area contributed by atoms with Gasteiger partial charge in [0.15, 0.2) is 0 Å². The quantitative estimate of drug-likeness (QED) is 0.512. The van der Waals surface area contributed by atoms with Gasteiger partial charge in [0.25, 0.3) is 5.56 Å². The Kier molecular flexibility index (Phi) is 5.98. The molecule has 0 spiro atoms. The SMILES string of the molecule is CC(C)c1ccc(-n2c(=O)c3ccccc3n(CC(=O)NCc3cccnc3)c2=O)cc1. The maximum Gasteiger partial charge on any atom is 0.336 e. The standard InChI is InChI=1S/C25H24N4O3/c1-17(2)19-9-11-20(12-10-19)29-24(31)21-7-3-4-8-22(21)28(25(29)32)16-23(30)27-15-18-6-5-13-26-14-18/h3-14,17H,15-16H2,1-2H3,(H,27,30). The maximum absolute atomic E-state index is 13.4. The molecule has 0 saturated heterocycles. The number of hydrogen-bond donors (Lipinski definition) is 1. The molecule has 0 bridgehead atoms. The van der Waals surface area contributed by atoms with Crippen LogP contribution in [0.4, 0.5) is 0 Å². The number of para-hydroxylation sites is 1. The summed E-state index contributed by atoms with van der Waals surface area (Å²) in [5.41, 5.74) is 1.90. The van der Waals surface area contributed by atoms with Crippen molar-refractivity contribution >= 4 is 16.8 Å². The van der Waals surface area contributed by atoms with Crippen LogP contribution in [0.2, 0.25) is 0 Å². The van der Waals surface area contributed by atoms with E-state index in [0.29, 0.717) is 29.1 Å². The minimum Gasteiger partial charge on any atom is -0.350 e. The normalized spacial score (nSPS) is 11.1. The van der Waals surface area contributed by atoms with Crippen molar-refractivity contribution in [1.82, 2.24) is 19.4 Å². The van der Waals surface area contributed by atoms with Crippen molar-refractivity contribution in [1.29, 1.82) is 0 Å². The smallest absolute Gasteiger partial charge is 0.336 e. The fraction of sp³-hybridized carbons (Fsp3) is 0.200. The highest BCUT2D eigenvalue weighted by Crippen LogP contribution is 2.16. The Morgan fingerprint density at radius 1 is 1.00 bits per heavy atom. The minimum absolute atomic E-state index is 0.204. The first-order chi connectivity index (χ1) is 15.5. The molecular weight excluding hydrogens is 404 g/mol. The van der Waals surface area contributed by atoms with E-state index in [4.69, 9.17) is 0 Å². The van der Waals surface area contributed by atoms with E-state index in [1.54, 1.807) is 54.9 Å². The van der Waals surface area contributed by atoms with Gasteiger partial charge in [0.2, 0.25) is 5.91 Å². The maximum atomic E-state index is 13.4. The third kappa shape index (κ3) is 4.23. The molecule has 0 fully saturated rings. The molecule has 32 heavy (non-hydrogen) atoms. The summed E-state index contributed by atoms with van der Waals surface area (Å²) in [5.74, 6) is -0.000922. The Bertz CT molecular complexity index is 1370. The zero-order chi connectivity index (χ0) is 22.7. The highest BCUT2D eigenvalue weighted by atomic mass is 16.2. The van der Waals surface area contributed by atoms with Crippen molar-refractivity contribution in [3.63, 3.8) is 0 Å². The second kappa shape index (κ2) is 9.01. The van der Waals surface area contributed by atoms with Crippen molar-refractivity contribution in [2.24, 2.45) is 0 Å². The molecule has 4 rings (SSSR count). The molecule has 7 heteroatoms. The molecule has 7 nitrogen and oxygen atoms in total. The summed E-state index contributed by atoms with van der Waals surface area (Å²) in [6, 6.07) is 17.8. The fourth-order valence-electron chi connectivity index (χ4n) is 3.61. The van der Waals surface area contributed by atoms with Crippen LogP contribution in [0.5, 0.6) is 0 Å². The van der Waals surface area contributed by atoms with Gasteiger partial charge in [-0.2, -0.15) is 0 Å². The van der Waals surface area contributed by atoms with Crippen LogP contribution < -0.4 is 16.6 Å². The largest absolute Gasteiger partial charge is 0.350 e. The fourth-order valence-corrected chi connectivity index (χ4v) is 3.61. The zero-order valence-electron chi connectivity index (χ0n) is 18.0. The van der Waals surface area contributed by atoms with Crippen LogP contribution in [-0.2, 0) is 17.9 Å². The third-order valence-electron chi connectivity index (χ3n) is 5.38. The molecule has 2 heterocycles. The number of benzene rings is 2. The molecule has 0 unspecified atom stereocenters. The van der Waals surface area contributed by atoms with Gasteiger partial charge >= 0.3 is 5.69 Å². The number of rotatable bonds is 6. The summed E-state index contributed by atoms with van der Waals surface area (Å²) in [4.78, 5) is 43.2. The van der Waals surface area contributed by atoms with Crippen molar-refractivity contribution in [3.8, 4) is 5.69 Å². The molecular formula is C25H24N4O3. The van der Waals surface area contributed by atoms with Crippen molar-refractivity contribution in [2.75, 3.05) is 0 Å². The monoisotopic (exact) mass is 428 g/mol. The second-order valence-corrected chi connectivity index (χ2v) is 7.91. The van der Waals surface area contributed by atoms with E-state index in [1.165, 1.54) is 4.57 Å². The Labute approximate surface area is 185 Å². The van der Waals surface area contributed by atoms with Gasteiger partial charge in [0, 0.05) is 18.9 Å². The average Bonchev–Trinajstić information content (AvgIpc) is 2.81. The lowest BCUT2D eigenvalue weighted by Gasteiger charge is -2.15. The van der Waals surface area contributed by atoms with Crippen LogP contribution in [0.3, 0.4) is 0 Å². The van der Waals surface area contributed by atoms with E-state index in [2.05, 4.69) is 24.1 Å². The molecule has 162 valence electrons. The van der Waals surface area contributed by atoms with Crippen LogP contribution in [0.1, 0.15) is 30.9 Å². The minimum atomic E-state index is -0.553. The van der Waals surface area contributed by atoms with Gasteiger partial charge in [-0.25, -0.2) is 9.36 Å². The molecule has 0 aliphatic heterocycles. The van der Waals surface area contributed by atoms with Crippen molar-refractivity contribution in [2.45, 2.75) is 32.9 Å². The third-order valence-corrected chi connectivity index (χ3v) is 5.38. The molecule has 0 atom stereocenters. The first-order valence-corrected chi connectivity index (χ1v) is 10.5. The van der Waals surface area contributed by atoms with E-state index >= 15 is 0 Å². The second-order valence-electron chi connectivity index (χ2n) is 7.91. The lowest BCUT2D eigenvalue weighted by molar-refractivity contribution is -0.121. The van der Waals surface area contributed by atoms with Gasteiger partial charge in [-0.3, -0.25) is 19.1 Å². The van der Waals surface area contributed by atoms with Gasteiger partial charge < -0.3 is 5.32 Å². The number of hydrogen-bond acceptors (Lipinski definition) is 4. The Balaban J connectivity index is 1.74. The lowest BCUT2D eigenvalue weighted by Crippen LogP contribution is -2.41. The summed E-state index contributed by atoms with van der Waals surface area (Å²) in [6.07, 6.45) is 3.33. The first kappa shape index (κ1) is 21.2.